The number of rotatable bonds is 5. The van der Waals surface area contributed by atoms with Crippen LogP contribution in [0, 0.1) is 5.82 Å². The van der Waals surface area contributed by atoms with Gasteiger partial charge in [-0.3, -0.25) is 9.59 Å². The van der Waals surface area contributed by atoms with Gasteiger partial charge in [0.15, 0.2) is 0 Å². The van der Waals surface area contributed by atoms with Crippen LogP contribution in [0.2, 0.25) is 0 Å². The van der Waals surface area contributed by atoms with E-state index in [-0.39, 0.29) is 12.4 Å². The highest BCUT2D eigenvalue weighted by atomic mass is 19.1. The Morgan fingerprint density at radius 1 is 1.17 bits per heavy atom. The fraction of sp³-hybridized carbons (Fsp3) is 0.118. The summed E-state index contributed by atoms with van der Waals surface area (Å²) in [5.74, 6) is -1.38. The lowest BCUT2D eigenvalue weighted by Gasteiger charge is -2.07. The molecule has 2 amide bonds. The van der Waals surface area contributed by atoms with E-state index in [1.165, 1.54) is 25.4 Å². The first-order valence-electron chi connectivity index (χ1n) is 7.11. The summed E-state index contributed by atoms with van der Waals surface area (Å²) in [7, 11) is 1.35. The summed E-state index contributed by atoms with van der Waals surface area (Å²) in [4.78, 5) is 22.2. The van der Waals surface area contributed by atoms with E-state index < -0.39 is 11.8 Å². The molecule has 0 fully saturated rings. The third-order valence-electron chi connectivity index (χ3n) is 2.97. The number of halogens is 1. The van der Waals surface area contributed by atoms with E-state index in [1.807, 2.05) is 0 Å². The third-order valence-corrected chi connectivity index (χ3v) is 2.97. The zero-order valence-electron chi connectivity index (χ0n) is 13.0. The van der Waals surface area contributed by atoms with E-state index >= 15 is 0 Å². The monoisotopic (exact) mass is 329 g/mol. The van der Waals surface area contributed by atoms with Gasteiger partial charge in [0, 0.05) is 7.05 Å². The molecule has 0 bridgehead atoms. The van der Waals surface area contributed by atoms with Gasteiger partial charge in [0.05, 0.1) is 6.21 Å². The van der Waals surface area contributed by atoms with E-state index in [0.29, 0.717) is 16.9 Å². The van der Waals surface area contributed by atoms with E-state index in [9.17, 15) is 14.0 Å². The molecule has 7 heteroatoms. The minimum Gasteiger partial charge on any atom is -0.489 e. The molecule has 2 aromatic carbocycles. The summed E-state index contributed by atoms with van der Waals surface area (Å²) in [5.41, 5.74) is 3.49. The van der Waals surface area contributed by atoms with Gasteiger partial charge < -0.3 is 10.1 Å². The van der Waals surface area contributed by atoms with Gasteiger partial charge in [0.1, 0.15) is 18.2 Å². The van der Waals surface area contributed by atoms with Crippen molar-refractivity contribution in [3.05, 3.63) is 65.5 Å². The van der Waals surface area contributed by atoms with Crippen LogP contribution in [0.25, 0.3) is 0 Å². The maximum Gasteiger partial charge on any atom is 0.329 e. The van der Waals surface area contributed by atoms with Crippen LogP contribution in [0.1, 0.15) is 11.1 Å². The zero-order valence-corrected chi connectivity index (χ0v) is 13.0. The summed E-state index contributed by atoms with van der Waals surface area (Å²) < 4.78 is 18.7. The molecule has 0 atom stereocenters. The summed E-state index contributed by atoms with van der Waals surface area (Å²) >= 11 is 0. The van der Waals surface area contributed by atoms with Crippen LogP contribution in [0.5, 0.6) is 5.75 Å². The van der Waals surface area contributed by atoms with Crippen molar-refractivity contribution < 1.29 is 18.7 Å². The molecule has 0 radical (unpaired) electrons. The SMILES string of the molecule is CNC(=O)C(=O)N/N=C\c1cccc(OCc2cccc(F)c2)c1. The number of ether oxygens (including phenoxy) is 1. The molecular formula is C17H16FN3O3. The van der Waals surface area contributed by atoms with Crippen LogP contribution in [0.3, 0.4) is 0 Å². The average molecular weight is 329 g/mol. The Labute approximate surface area is 138 Å². The molecule has 0 saturated heterocycles. The van der Waals surface area contributed by atoms with E-state index in [2.05, 4.69) is 15.8 Å². The fourth-order valence-corrected chi connectivity index (χ4v) is 1.81. The molecule has 124 valence electrons. The number of amides is 2. The van der Waals surface area contributed by atoms with E-state index in [4.69, 9.17) is 4.74 Å². The van der Waals surface area contributed by atoms with Crippen LogP contribution in [-0.4, -0.2) is 25.1 Å². The van der Waals surface area contributed by atoms with Crippen molar-refractivity contribution in [2.24, 2.45) is 5.10 Å². The smallest absolute Gasteiger partial charge is 0.329 e. The van der Waals surface area contributed by atoms with Crippen molar-refractivity contribution in [1.82, 2.24) is 10.7 Å². The molecule has 0 aromatic heterocycles. The number of nitrogens with one attached hydrogen (secondary N) is 2. The van der Waals surface area contributed by atoms with Gasteiger partial charge in [-0.05, 0) is 35.4 Å². The number of hydrogen-bond acceptors (Lipinski definition) is 4. The Balaban J connectivity index is 1.93. The molecule has 0 unspecified atom stereocenters. The lowest BCUT2D eigenvalue weighted by atomic mass is 10.2. The minimum atomic E-state index is -0.854. The standard InChI is InChI=1S/C17H16FN3O3/c1-19-16(22)17(23)21-20-10-12-4-3-7-15(9-12)24-11-13-5-2-6-14(18)8-13/h2-10H,11H2,1H3,(H,19,22)(H,21,23)/b20-10-. The van der Waals surface area contributed by atoms with Gasteiger partial charge in [0.2, 0.25) is 0 Å². The molecule has 0 aliphatic heterocycles. The second-order valence-corrected chi connectivity index (χ2v) is 4.77. The van der Waals surface area contributed by atoms with Crippen LogP contribution in [0.4, 0.5) is 4.39 Å². The van der Waals surface area contributed by atoms with Crippen LogP contribution < -0.4 is 15.5 Å². The molecule has 0 aliphatic carbocycles. The highest BCUT2D eigenvalue weighted by Crippen LogP contribution is 2.14. The molecule has 0 spiro atoms. The number of nitrogens with zero attached hydrogens (tertiary/aromatic N) is 1. The summed E-state index contributed by atoms with van der Waals surface area (Å²) in [6, 6.07) is 13.1. The van der Waals surface area contributed by atoms with Gasteiger partial charge in [-0.15, -0.1) is 0 Å². The number of hydrogen-bond donors (Lipinski definition) is 2. The third kappa shape index (κ3) is 5.20. The largest absolute Gasteiger partial charge is 0.489 e. The Hall–Kier alpha value is -3.22. The van der Waals surface area contributed by atoms with Gasteiger partial charge in [-0.2, -0.15) is 5.10 Å². The van der Waals surface area contributed by atoms with Crippen molar-refractivity contribution in [2.45, 2.75) is 6.61 Å². The normalized spacial score (nSPS) is 10.4. The first kappa shape index (κ1) is 17.1. The molecule has 24 heavy (non-hydrogen) atoms. The van der Waals surface area contributed by atoms with Gasteiger partial charge in [-0.25, -0.2) is 9.82 Å². The quantitative estimate of drug-likeness (QED) is 0.497. The van der Waals surface area contributed by atoms with Crippen LogP contribution in [-0.2, 0) is 16.2 Å². The highest BCUT2D eigenvalue weighted by molar-refractivity contribution is 6.34. The van der Waals surface area contributed by atoms with Crippen molar-refractivity contribution in [2.75, 3.05) is 7.05 Å². The van der Waals surface area contributed by atoms with Crippen molar-refractivity contribution in [3.63, 3.8) is 0 Å². The Morgan fingerprint density at radius 2 is 1.96 bits per heavy atom. The molecule has 2 N–H and O–H groups in total. The average Bonchev–Trinajstić information content (AvgIpc) is 2.59. The molecular weight excluding hydrogens is 313 g/mol. The second-order valence-electron chi connectivity index (χ2n) is 4.77. The zero-order chi connectivity index (χ0) is 17.4. The number of benzene rings is 2. The molecule has 2 rings (SSSR count). The Bertz CT molecular complexity index is 762. The number of likely N-dealkylation sites (N-methyl/N-ethyl adjacent to an activating group) is 1. The summed E-state index contributed by atoms with van der Waals surface area (Å²) in [6.07, 6.45) is 1.38. The Morgan fingerprint density at radius 3 is 2.71 bits per heavy atom. The molecule has 0 saturated carbocycles. The van der Waals surface area contributed by atoms with Crippen molar-refractivity contribution in [1.29, 1.82) is 0 Å². The maximum absolute atomic E-state index is 13.1. The summed E-state index contributed by atoms with van der Waals surface area (Å²) in [6.45, 7) is 0.228. The predicted molar refractivity (Wildman–Crippen MR) is 87.0 cm³/mol. The number of hydrazone groups is 1. The fourth-order valence-electron chi connectivity index (χ4n) is 1.81. The topological polar surface area (TPSA) is 79.8 Å². The summed E-state index contributed by atoms with van der Waals surface area (Å²) in [5, 5.41) is 5.88. The highest BCUT2D eigenvalue weighted by Gasteiger charge is 2.08. The van der Waals surface area contributed by atoms with Gasteiger partial charge >= 0.3 is 11.8 Å². The van der Waals surface area contributed by atoms with Gasteiger partial charge in [-0.1, -0.05) is 24.3 Å². The van der Waals surface area contributed by atoms with Crippen LogP contribution >= 0.6 is 0 Å². The molecule has 6 nitrogen and oxygen atoms in total. The van der Waals surface area contributed by atoms with E-state index in [0.717, 1.165) is 0 Å². The second kappa shape index (κ2) is 8.42. The predicted octanol–water partition coefficient (Wildman–Crippen LogP) is 1.60. The lowest BCUT2D eigenvalue weighted by Crippen LogP contribution is -2.35. The molecule has 0 heterocycles. The first-order chi connectivity index (χ1) is 11.6. The minimum absolute atomic E-state index is 0.228. The number of carbonyl (C=O) groups is 2. The van der Waals surface area contributed by atoms with Crippen LogP contribution in [0.15, 0.2) is 53.6 Å². The first-order valence-corrected chi connectivity index (χ1v) is 7.11. The lowest BCUT2D eigenvalue weighted by molar-refractivity contribution is -0.138. The Kier molecular flexibility index (Phi) is 6.01. The van der Waals surface area contributed by atoms with Crippen molar-refractivity contribution in [3.8, 4) is 5.75 Å². The maximum atomic E-state index is 13.1. The van der Waals surface area contributed by atoms with Crippen molar-refractivity contribution >= 4 is 18.0 Å². The van der Waals surface area contributed by atoms with E-state index in [1.54, 1.807) is 36.4 Å². The van der Waals surface area contributed by atoms with Gasteiger partial charge in [0.25, 0.3) is 0 Å². The molecule has 0 aliphatic rings. The number of carbonyl (C=O) groups excluding carboxylic acids is 2. The molecule has 2 aromatic rings.